The third-order valence-corrected chi connectivity index (χ3v) is 5.44. The second-order valence-corrected chi connectivity index (χ2v) is 7.21. The molecule has 0 aromatic carbocycles. The molecule has 0 aliphatic carbocycles. The molecule has 1 atom stereocenters. The first-order valence-electron chi connectivity index (χ1n) is 4.76. The van der Waals surface area contributed by atoms with E-state index in [0.29, 0.717) is 10.8 Å². The summed E-state index contributed by atoms with van der Waals surface area (Å²) in [6.45, 7) is 3.59. The van der Waals surface area contributed by atoms with Crippen LogP contribution in [0.25, 0.3) is 0 Å². The molecular weight excluding hydrogens is 270 g/mol. The minimum Gasteiger partial charge on any atom is -0.393 e. The fraction of sp³-hybridized carbons (Fsp3) is 0.556. The van der Waals surface area contributed by atoms with Gasteiger partial charge in [0.25, 0.3) is 0 Å². The van der Waals surface area contributed by atoms with E-state index >= 15 is 0 Å². The van der Waals surface area contributed by atoms with Crippen LogP contribution < -0.4 is 4.72 Å². The highest BCUT2D eigenvalue weighted by molar-refractivity contribution is 7.91. The van der Waals surface area contributed by atoms with Crippen molar-refractivity contribution in [3.05, 3.63) is 16.0 Å². The molecule has 2 N–H and O–H groups in total. The van der Waals surface area contributed by atoms with Crippen molar-refractivity contribution in [2.75, 3.05) is 6.54 Å². The Bertz CT molecular complexity index is 434. The molecule has 1 aromatic rings. The van der Waals surface area contributed by atoms with Gasteiger partial charge in [-0.2, -0.15) is 0 Å². The smallest absolute Gasteiger partial charge is 0.250 e. The standard InChI is InChI=1S/C9H14ClNO3S2/c1-6-5-8(15-9(6)10)16(13,14)11-4-3-7(2)12/h5,7,11-12H,3-4H2,1-2H3. The lowest BCUT2D eigenvalue weighted by atomic mass is 10.3. The molecule has 16 heavy (non-hydrogen) atoms. The van der Waals surface area contributed by atoms with Crippen LogP contribution in [0.4, 0.5) is 0 Å². The van der Waals surface area contributed by atoms with Gasteiger partial charge in [-0.1, -0.05) is 11.6 Å². The Kier molecular flexibility index (Phi) is 4.75. The number of hydrogen-bond donors (Lipinski definition) is 2. The number of halogens is 1. The number of sulfonamides is 1. The Morgan fingerprint density at radius 3 is 2.69 bits per heavy atom. The van der Waals surface area contributed by atoms with Crippen LogP contribution >= 0.6 is 22.9 Å². The Morgan fingerprint density at radius 2 is 2.25 bits per heavy atom. The van der Waals surface area contributed by atoms with Crippen LogP contribution in [-0.4, -0.2) is 26.2 Å². The molecule has 1 heterocycles. The van der Waals surface area contributed by atoms with E-state index in [-0.39, 0.29) is 10.8 Å². The minimum atomic E-state index is -3.48. The average molecular weight is 284 g/mol. The molecule has 92 valence electrons. The summed E-state index contributed by atoms with van der Waals surface area (Å²) in [5, 5.41) is 9.01. The van der Waals surface area contributed by atoms with Gasteiger partial charge in [-0.3, -0.25) is 0 Å². The fourth-order valence-corrected chi connectivity index (χ4v) is 3.84. The van der Waals surface area contributed by atoms with Gasteiger partial charge in [-0.25, -0.2) is 13.1 Å². The van der Waals surface area contributed by atoms with E-state index in [1.165, 1.54) is 6.07 Å². The van der Waals surface area contributed by atoms with Crippen molar-refractivity contribution in [2.24, 2.45) is 0 Å². The number of nitrogens with one attached hydrogen (secondary N) is 1. The fourth-order valence-electron chi connectivity index (χ4n) is 1.04. The second-order valence-electron chi connectivity index (χ2n) is 3.56. The summed E-state index contributed by atoms with van der Waals surface area (Å²) in [7, 11) is -3.48. The van der Waals surface area contributed by atoms with Gasteiger partial charge < -0.3 is 5.11 Å². The Morgan fingerprint density at radius 1 is 1.62 bits per heavy atom. The molecule has 0 aliphatic heterocycles. The number of rotatable bonds is 5. The normalized spacial score (nSPS) is 14.0. The molecule has 7 heteroatoms. The predicted molar refractivity (Wildman–Crippen MR) is 65.6 cm³/mol. The van der Waals surface area contributed by atoms with Crippen molar-refractivity contribution in [2.45, 2.75) is 30.6 Å². The zero-order valence-electron chi connectivity index (χ0n) is 9.03. The minimum absolute atomic E-state index is 0.209. The summed E-state index contributed by atoms with van der Waals surface area (Å²) in [5.74, 6) is 0. The molecule has 1 rings (SSSR count). The number of hydrogen-bond acceptors (Lipinski definition) is 4. The highest BCUT2D eigenvalue weighted by atomic mass is 35.5. The van der Waals surface area contributed by atoms with Crippen molar-refractivity contribution < 1.29 is 13.5 Å². The molecule has 4 nitrogen and oxygen atoms in total. The Labute approximate surface area is 104 Å². The maximum atomic E-state index is 11.7. The van der Waals surface area contributed by atoms with Gasteiger partial charge in [0.05, 0.1) is 10.4 Å². The third kappa shape index (κ3) is 3.71. The summed E-state index contributed by atoms with van der Waals surface area (Å²) in [6.07, 6.45) is -0.131. The Hall–Kier alpha value is -0.140. The SMILES string of the molecule is Cc1cc(S(=O)(=O)NCCC(C)O)sc1Cl. The molecule has 0 aliphatic rings. The largest absolute Gasteiger partial charge is 0.393 e. The molecule has 0 radical (unpaired) electrons. The number of aliphatic hydroxyl groups excluding tert-OH is 1. The van der Waals surface area contributed by atoms with Crippen LogP contribution in [0.2, 0.25) is 4.34 Å². The highest BCUT2D eigenvalue weighted by Gasteiger charge is 2.17. The van der Waals surface area contributed by atoms with E-state index in [0.717, 1.165) is 16.9 Å². The second kappa shape index (κ2) is 5.46. The van der Waals surface area contributed by atoms with Gasteiger partial charge >= 0.3 is 0 Å². The van der Waals surface area contributed by atoms with E-state index in [2.05, 4.69) is 4.72 Å². The summed E-state index contributed by atoms with van der Waals surface area (Å²) in [5.41, 5.74) is 0.752. The molecule has 0 saturated heterocycles. The summed E-state index contributed by atoms with van der Waals surface area (Å²) in [6, 6.07) is 1.54. The van der Waals surface area contributed by atoms with Crippen LogP contribution in [0.15, 0.2) is 10.3 Å². The van der Waals surface area contributed by atoms with Crippen LogP contribution in [0.3, 0.4) is 0 Å². The van der Waals surface area contributed by atoms with Gasteiger partial charge in [-0.05, 0) is 31.9 Å². The topological polar surface area (TPSA) is 66.4 Å². The lowest BCUT2D eigenvalue weighted by Crippen LogP contribution is -2.26. The predicted octanol–water partition coefficient (Wildman–Crippen LogP) is 1.76. The molecule has 1 aromatic heterocycles. The zero-order chi connectivity index (χ0) is 12.3. The van der Waals surface area contributed by atoms with Gasteiger partial charge in [0, 0.05) is 6.54 Å². The monoisotopic (exact) mass is 283 g/mol. The average Bonchev–Trinajstić information content (AvgIpc) is 2.46. The van der Waals surface area contributed by atoms with Gasteiger partial charge in [0.2, 0.25) is 10.0 Å². The van der Waals surface area contributed by atoms with E-state index < -0.39 is 16.1 Å². The van der Waals surface area contributed by atoms with E-state index in [9.17, 15) is 8.42 Å². The Balaban J connectivity index is 2.71. The third-order valence-electron chi connectivity index (χ3n) is 1.95. The van der Waals surface area contributed by atoms with Gasteiger partial charge in [-0.15, -0.1) is 11.3 Å². The van der Waals surface area contributed by atoms with E-state index in [4.69, 9.17) is 16.7 Å². The first-order chi connectivity index (χ1) is 7.33. The molecular formula is C9H14ClNO3S2. The molecule has 1 unspecified atom stereocenters. The van der Waals surface area contributed by atoms with Gasteiger partial charge in [0.1, 0.15) is 4.21 Å². The van der Waals surface area contributed by atoms with Gasteiger partial charge in [0.15, 0.2) is 0 Å². The van der Waals surface area contributed by atoms with Crippen LogP contribution in [0.1, 0.15) is 18.9 Å². The van der Waals surface area contributed by atoms with Crippen molar-refractivity contribution in [1.82, 2.24) is 4.72 Å². The van der Waals surface area contributed by atoms with E-state index in [1.54, 1.807) is 13.8 Å². The first-order valence-corrected chi connectivity index (χ1v) is 7.44. The molecule has 0 fully saturated rings. The van der Waals surface area contributed by atoms with Crippen LogP contribution in [0, 0.1) is 6.92 Å². The maximum absolute atomic E-state index is 11.7. The summed E-state index contributed by atoms with van der Waals surface area (Å²) >= 11 is 6.84. The zero-order valence-corrected chi connectivity index (χ0v) is 11.4. The molecule has 0 amide bonds. The van der Waals surface area contributed by atoms with E-state index in [1.807, 2.05) is 0 Å². The van der Waals surface area contributed by atoms with Crippen LogP contribution in [0.5, 0.6) is 0 Å². The number of thiophene rings is 1. The lowest BCUT2D eigenvalue weighted by molar-refractivity contribution is 0.186. The van der Waals surface area contributed by atoms with Crippen molar-refractivity contribution in [1.29, 1.82) is 0 Å². The maximum Gasteiger partial charge on any atom is 0.250 e. The van der Waals surface area contributed by atoms with Crippen molar-refractivity contribution >= 4 is 33.0 Å². The van der Waals surface area contributed by atoms with Crippen LogP contribution in [-0.2, 0) is 10.0 Å². The van der Waals surface area contributed by atoms with Crippen molar-refractivity contribution in [3.63, 3.8) is 0 Å². The molecule has 0 bridgehead atoms. The quantitative estimate of drug-likeness (QED) is 0.865. The first kappa shape index (κ1) is 13.9. The van der Waals surface area contributed by atoms with Crippen molar-refractivity contribution in [3.8, 4) is 0 Å². The lowest BCUT2D eigenvalue weighted by Gasteiger charge is -2.05. The number of aliphatic hydroxyl groups is 1. The summed E-state index contributed by atoms with van der Waals surface area (Å²) < 4.78 is 26.6. The summed E-state index contributed by atoms with van der Waals surface area (Å²) in [4.78, 5) is 0. The molecule has 0 saturated carbocycles. The number of aryl methyl sites for hydroxylation is 1. The highest BCUT2D eigenvalue weighted by Crippen LogP contribution is 2.29. The molecule has 0 spiro atoms.